The molecule has 0 amide bonds. The molecule has 190 valence electrons. The molecule has 0 fully saturated rings. The topological polar surface area (TPSA) is 92.8 Å². The van der Waals surface area contributed by atoms with E-state index in [0.29, 0.717) is 66.9 Å². The lowest BCUT2D eigenvalue weighted by atomic mass is 9.75. The number of Topliss-reactive ketones (excluding diaryl/α,β-unsaturated/α-hetero) is 2. The van der Waals surface area contributed by atoms with Crippen LogP contribution in [0.4, 0.5) is 5.69 Å². The van der Waals surface area contributed by atoms with E-state index < -0.39 is 0 Å². The van der Waals surface area contributed by atoms with Gasteiger partial charge in [-0.05, 0) is 54.0 Å². The summed E-state index contributed by atoms with van der Waals surface area (Å²) >= 11 is 3.43. The Hall–Kier alpha value is -3.32. The highest BCUT2D eigenvalue weighted by Gasteiger charge is 2.36. The van der Waals surface area contributed by atoms with Crippen LogP contribution >= 0.6 is 15.9 Å². The van der Waals surface area contributed by atoms with Gasteiger partial charge in [-0.2, -0.15) is 0 Å². The van der Waals surface area contributed by atoms with Gasteiger partial charge in [0, 0.05) is 30.2 Å². The number of aliphatic imine (C=N–C) groups is 1. The predicted molar refractivity (Wildman–Crippen MR) is 146 cm³/mol. The molecule has 1 aromatic heterocycles. The number of aliphatic hydroxyl groups is 1. The minimum atomic E-state index is -0.305. The third-order valence-electron chi connectivity index (χ3n) is 7.08. The molecular formula is C30H29BrN2O4. The van der Waals surface area contributed by atoms with Crippen molar-refractivity contribution in [1.82, 2.24) is 5.16 Å². The van der Waals surface area contributed by atoms with Crippen molar-refractivity contribution in [2.45, 2.75) is 58.3 Å². The van der Waals surface area contributed by atoms with E-state index in [1.807, 2.05) is 68.4 Å². The van der Waals surface area contributed by atoms with Gasteiger partial charge in [-0.15, -0.1) is 0 Å². The van der Waals surface area contributed by atoms with Gasteiger partial charge < -0.3 is 9.63 Å². The maximum Gasteiger partial charge on any atom is 0.168 e. The molecule has 2 aromatic carbocycles. The average molecular weight is 561 g/mol. The number of nitrogens with zero attached hydrogens (tertiary/aromatic N) is 2. The number of hydrogen-bond donors (Lipinski definition) is 1. The van der Waals surface area contributed by atoms with Crippen LogP contribution in [0.25, 0.3) is 0 Å². The molecular weight excluding hydrogens is 532 g/mol. The Morgan fingerprint density at radius 2 is 1.78 bits per heavy atom. The van der Waals surface area contributed by atoms with E-state index in [4.69, 9.17) is 9.52 Å². The Morgan fingerprint density at radius 3 is 2.49 bits per heavy atom. The number of benzene rings is 2. The number of aromatic nitrogens is 1. The van der Waals surface area contributed by atoms with Crippen molar-refractivity contribution in [2.24, 2.45) is 10.4 Å². The van der Waals surface area contributed by atoms with Crippen molar-refractivity contribution < 1.29 is 19.2 Å². The van der Waals surface area contributed by atoms with Crippen molar-refractivity contribution in [1.29, 1.82) is 0 Å². The van der Waals surface area contributed by atoms with Gasteiger partial charge in [0.15, 0.2) is 11.6 Å². The number of halogens is 1. The van der Waals surface area contributed by atoms with E-state index in [-0.39, 0.29) is 34.2 Å². The Kier molecular flexibility index (Phi) is 6.99. The van der Waals surface area contributed by atoms with Crippen LogP contribution < -0.4 is 0 Å². The number of carbonyl (C=O) groups excluding carboxylic acids is 2. The van der Waals surface area contributed by atoms with Crippen molar-refractivity contribution in [3.05, 3.63) is 93.0 Å². The summed E-state index contributed by atoms with van der Waals surface area (Å²) in [5.41, 5.74) is 3.42. The molecule has 0 radical (unpaired) electrons. The smallest absolute Gasteiger partial charge is 0.168 e. The summed E-state index contributed by atoms with van der Waals surface area (Å²) in [5.74, 6) is 0.663. The van der Waals surface area contributed by atoms with Crippen LogP contribution in [0, 0.1) is 5.41 Å². The van der Waals surface area contributed by atoms with Crippen LogP contribution in [0.5, 0.6) is 0 Å². The summed E-state index contributed by atoms with van der Waals surface area (Å²) in [7, 11) is 0. The second kappa shape index (κ2) is 10.2. The zero-order valence-electron chi connectivity index (χ0n) is 21.0. The van der Waals surface area contributed by atoms with Gasteiger partial charge in [-0.3, -0.25) is 14.6 Å². The second-order valence-electron chi connectivity index (χ2n) is 10.7. The number of aryl methyl sites for hydroxylation is 1. The molecule has 1 unspecified atom stereocenters. The lowest BCUT2D eigenvalue weighted by Crippen LogP contribution is -2.29. The van der Waals surface area contributed by atoms with Gasteiger partial charge in [0.2, 0.25) is 0 Å². The summed E-state index contributed by atoms with van der Waals surface area (Å²) in [6, 6.07) is 17.5. The van der Waals surface area contributed by atoms with Gasteiger partial charge in [0.05, 0.1) is 28.2 Å². The number of allylic oxidation sites excluding steroid dienone is 2. The van der Waals surface area contributed by atoms with Crippen molar-refractivity contribution in [3.63, 3.8) is 0 Å². The van der Waals surface area contributed by atoms with E-state index in [2.05, 4.69) is 21.1 Å². The molecule has 6 nitrogen and oxygen atoms in total. The van der Waals surface area contributed by atoms with E-state index in [9.17, 15) is 14.7 Å². The fraction of sp³-hybridized carbons (Fsp3) is 0.333. The summed E-state index contributed by atoms with van der Waals surface area (Å²) in [5, 5.41) is 15.1. The SMILES string of the molecule is CC1(C)CC(=O)C(C(CCc2noc3c2C(=O)CC(c2ccccc2)C3)=Nc2ccc(Br)cc2)=C(O)C1. The van der Waals surface area contributed by atoms with Crippen LogP contribution in [-0.4, -0.2) is 27.5 Å². The van der Waals surface area contributed by atoms with E-state index >= 15 is 0 Å². The van der Waals surface area contributed by atoms with Crippen LogP contribution in [0.1, 0.15) is 72.8 Å². The number of carbonyl (C=O) groups is 2. The highest BCUT2D eigenvalue weighted by molar-refractivity contribution is 9.10. The molecule has 7 heteroatoms. The van der Waals surface area contributed by atoms with Crippen molar-refractivity contribution >= 4 is 38.9 Å². The molecule has 2 aliphatic carbocycles. The van der Waals surface area contributed by atoms with Gasteiger partial charge in [0.1, 0.15) is 11.5 Å². The minimum absolute atomic E-state index is 0.0234. The number of aliphatic hydroxyl groups excluding tert-OH is 1. The minimum Gasteiger partial charge on any atom is -0.511 e. The molecule has 0 spiro atoms. The lowest BCUT2D eigenvalue weighted by molar-refractivity contribution is -0.117. The fourth-order valence-electron chi connectivity index (χ4n) is 5.33. The van der Waals surface area contributed by atoms with E-state index in [0.717, 1.165) is 10.0 Å². The molecule has 1 N–H and O–H groups in total. The van der Waals surface area contributed by atoms with E-state index in [1.165, 1.54) is 0 Å². The molecule has 1 atom stereocenters. The Labute approximate surface area is 224 Å². The van der Waals surface area contributed by atoms with Crippen LogP contribution in [0.15, 0.2) is 79.9 Å². The van der Waals surface area contributed by atoms with Crippen LogP contribution in [0.3, 0.4) is 0 Å². The number of ketones is 2. The van der Waals surface area contributed by atoms with Gasteiger partial charge in [-0.1, -0.05) is 65.3 Å². The third-order valence-corrected chi connectivity index (χ3v) is 7.61. The zero-order valence-corrected chi connectivity index (χ0v) is 22.5. The number of hydrogen-bond acceptors (Lipinski definition) is 6. The second-order valence-corrected chi connectivity index (χ2v) is 11.6. The van der Waals surface area contributed by atoms with Crippen LogP contribution in [0.2, 0.25) is 0 Å². The standard InChI is InChI=1S/C30H29BrN2O4/c1-30(2)16-25(35)28(26(36)17-30)22(32-21-10-8-20(31)9-11-21)12-13-23-29-24(34)14-19(15-27(29)37-33-23)18-6-4-3-5-7-18/h3-11,19,35H,12-17H2,1-2H3. The fourth-order valence-corrected chi connectivity index (χ4v) is 5.60. The summed E-state index contributed by atoms with van der Waals surface area (Å²) < 4.78 is 6.57. The average Bonchev–Trinajstić information content (AvgIpc) is 3.26. The van der Waals surface area contributed by atoms with Crippen molar-refractivity contribution in [2.75, 3.05) is 0 Å². The highest BCUT2D eigenvalue weighted by atomic mass is 79.9. The molecule has 2 aliphatic rings. The lowest BCUT2D eigenvalue weighted by Gasteiger charge is -2.30. The molecule has 37 heavy (non-hydrogen) atoms. The third kappa shape index (κ3) is 5.52. The Bertz CT molecular complexity index is 1400. The first-order valence-corrected chi connectivity index (χ1v) is 13.3. The molecule has 3 aromatic rings. The maximum atomic E-state index is 13.2. The molecule has 5 rings (SSSR count). The molecule has 0 aliphatic heterocycles. The summed E-state index contributed by atoms with van der Waals surface area (Å²) in [6.45, 7) is 3.94. The highest BCUT2D eigenvalue weighted by Crippen LogP contribution is 2.38. The number of rotatable bonds is 6. The summed E-state index contributed by atoms with van der Waals surface area (Å²) in [6.07, 6.45) is 2.50. The first-order valence-electron chi connectivity index (χ1n) is 12.5. The molecule has 1 heterocycles. The maximum absolute atomic E-state index is 13.2. The largest absolute Gasteiger partial charge is 0.511 e. The van der Waals surface area contributed by atoms with Gasteiger partial charge in [-0.25, -0.2) is 0 Å². The van der Waals surface area contributed by atoms with Crippen LogP contribution in [-0.2, 0) is 17.6 Å². The van der Waals surface area contributed by atoms with Crippen molar-refractivity contribution in [3.8, 4) is 0 Å². The first kappa shape index (κ1) is 25.3. The number of fused-ring (bicyclic) bond motifs is 1. The van der Waals surface area contributed by atoms with Gasteiger partial charge >= 0.3 is 0 Å². The quantitative estimate of drug-likeness (QED) is 0.320. The molecule has 0 saturated heterocycles. The van der Waals surface area contributed by atoms with Gasteiger partial charge in [0.25, 0.3) is 0 Å². The van der Waals surface area contributed by atoms with E-state index in [1.54, 1.807) is 0 Å². The summed E-state index contributed by atoms with van der Waals surface area (Å²) in [4.78, 5) is 31.1. The normalized spacial score (nSPS) is 19.8. The Balaban J connectivity index is 1.43. The first-order chi connectivity index (χ1) is 17.7. The molecule has 0 bridgehead atoms. The molecule has 0 saturated carbocycles. The monoisotopic (exact) mass is 560 g/mol. The predicted octanol–water partition coefficient (Wildman–Crippen LogP) is 7.26. The Morgan fingerprint density at radius 1 is 1.05 bits per heavy atom. The zero-order chi connectivity index (χ0) is 26.2.